The van der Waals surface area contributed by atoms with Crippen molar-refractivity contribution in [2.75, 3.05) is 23.3 Å². The van der Waals surface area contributed by atoms with E-state index in [2.05, 4.69) is 67.6 Å². The van der Waals surface area contributed by atoms with Gasteiger partial charge in [0.25, 0.3) is 0 Å². The number of rotatable bonds is 7. The molecule has 0 bridgehead atoms. The molecule has 0 spiro atoms. The Hall–Kier alpha value is -2.87. The SMILES string of the molecule is Cc1ccc(NCc2cccn2-c2nnc(N3CCC(C(=O)NC4CCCCC4)CC3)s2)cc1. The van der Waals surface area contributed by atoms with Gasteiger partial charge in [-0.2, -0.15) is 0 Å². The van der Waals surface area contributed by atoms with Crippen LogP contribution in [-0.4, -0.2) is 39.8 Å². The van der Waals surface area contributed by atoms with Crippen LogP contribution in [0.3, 0.4) is 0 Å². The van der Waals surface area contributed by atoms with Gasteiger partial charge in [-0.05, 0) is 56.9 Å². The number of aromatic nitrogens is 3. The normalized spacial score (nSPS) is 17.6. The molecule has 1 aromatic carbocycles. The molecule has 3 aromatic rings. The lowest BCUT2D eigenvalue weighted by molar-refractivity contribution is -0.126. The molecule has 7 nitrogen and oxygen atoms in total. The van der Waals surface area contributed by atoms with Crippen molar-refractivity contribution in [2.24, 2.45) is 5.92 Å². The van der Waals surface area contributed by atoms with Gasteiger partial charge in [-0.1, -0.05) is 48.3 Å². The molecule has 1 aliphatic carbocycles. The lowest BCUT2D eigenvalue weighted by Crippen LogP contribution is -2.44. The maximum atomic E-state index is 12.7. The van der Waals surface area contributed by atoms with Crippen molar-refractivity contribution < 1.29 is 4.79 Å². The van der Waals surface area contributed by atoms with Crippen LogP contribution in [0, 0.1) is 12.8 Å². The first kappa shape index (κ1) is 22.9. The minimum Gasteiger partial charge on any atom is -0.379 e. The third-order valence-corrected chi connectivity index (χ3v) is 8.04. The smallest absolute Gasteiger partial charge is 0.223 e. The van der Waals surface area contributed by atoms with Gasteiger partial charge in [0.15, 0.2) is 0 Å². The Bertz CT molecular complexity index is 1080. The number of anilines is 2. The van der Waals surface area contributed by atoms with Crippen LogP contribution in [-0.2, 0) is 11.3 Å². The summed E-state index contributed by atoms with van der Waals surface area (Å²) in [6, 6.07) is 13.0. The minimum absolute atomic E-state index is 0.120. The first-order valence-electron chi connectivity index (χ1n) is 12.5. The van der Waals surface area contributed by atoms with Crippen molar-refractivity contribution in [2.45, 2.75) is 64.5 Å². The van der Waals surface area contributed by atoms with Crippen molar-refractivity contribution in [1.82, 2.24) is 20.1 Å². The number of amides is 1. The summed E-state index contributed by atoms with van der Waals surface area (Å²) in [5.74, 6) is 0.372. The molecule has 2 fully saturated rings. The van der Waals surface area contributed by atoms with Crippen LogP contribution in [0.4, 0.5) is 10.8 Å². The summed E-state index contributed by atoms with van der Waals surface area (Å²) in [5, 5.41) is 17.6. The fourth-order valence-electron chi connectivity index (χ4n) is 4.94. The summed E-state index contributed by atoms with van der Waals surface area (Å²) in [4.78, 5) is 15.0. The quantitative estimate of drug-likeness (QED) is 0.504. The van der Waals surface area contributed by atoms with Gasteiger partial charge in [0, 0.05) is 42.6 Å². The number of carbonyl (C=O) groups is 1. The lowest BCUT2D eigenvalue weighted by atomic mass is 9.92. The van der Waals surface area contributed by atoms with E-state index in [1.807, 2.05) is 12.3 Å². The topological polar surface area (TPSA) is 75.1 Å². The number of hydrogen-bond donors (Lipinski definition) is 2. The predicted molar refractivity (Wildman–Crippen MR) is 138 cm³/mol. The van der Waals surface area contributed by atoms with Gasteiger partial charge in [0.05, 0.1) is 6.54 Å². The molecule has 1 aliphatic heterocycles. The van der Waals surface area contributed by atoms with E-state index in [1.165, 1.54) is 24.8 Å². The standard InChI is InChI=1S/C26H34N6OS/c1-19-9-11-21(12-10-19)27-18-23-8-5-15-32(23)26-30-29-25(34-26)31-16-13-20(14-17-31)24(33)28-22-6-3-2-4-7-22/h5,8-12,15,20,22,27H,2-4,6-7,13-14,16-18H2,1H3,(H,28,33). The molecule has 0 atom stereocenters. The van der Waals surface area contributed by atoms with Gasteiger partial charge >= 0.3 is 0 Å². The van der Waals surface area contributed by atoms with Crippen LogP contribution in [0.1, 0.15) is 56.2 Å². The highest BCUT2D eigenvalue weighted by Crippen LogP contribution is 2.29. The van der Waals surface area contributed by atoms with Crippen LogP contribution in [0.25, 0.3) is 5.13 Å². The number of benzene rings is 1. The Kier molecular flexibility index (Phi) is 7.13. The highest BCUT2D eigenvalue weighted by atomic mass is 32.1. The van der Waals surface area contributed by atoms with Crippen molar-refractivity contribution in [3.05, 3.63) is 53.9 Å². The Balaban J connectivity index is 1.15. The van der Waals surface area contributed by atoms with Crippen LogP contribution in [0.5, 0.6) is 0 Å². The van der Waals surface area contributed by atoms with Crippen molar-refractivity contribution in [3.8, 4) is 5.13 Å². The fraction of sp³-hybridized carbons (Fsp3) is 0.500. The largest absolute Gasteiger partial charge is 0.379 e. The van der Waals surface area contributed by atoms with E-state index in [9.17, 15) is 4.79 Å². The Labute approximate surface area is 205 Å². The number of carbonyl (C=O) groups excluding carboxylic acids is 1. The van der Waals surface area contributed by atoms with Gasteiger partial charge in [0.1, 0.15) is 0 Å². The Morgan fingerprint density at radius 2 is 1.74 bits per heavy atom. The lowest BCUT2D eigenvalue weighted by Gasteiger charge is -2.32. The molecule has 2 aliphatic rings. The number of nitrogens with one attached hydrogen (secondary N) is 2. The summed E-state index contributed by atoms with van der Waals surface area (Å²) in [6.45, 7) is 4.51. The van der Waals surface area contributed by atoms with Gasteiger partial charge < -0.3 is 15.5 Å². The van der Waals surface area contributed by atoms with E-state index in [-0.39, 0.29) is 11.8 Å². The molecular weight excluding hydrogens is 444 g/mol. The molecule has 5 rings (SSSR count). The number of aryl methyl sites for hydroxylation is 1. The molecule has 1 amide bonds. The van der Waals surface area contributed by atoms with Crippen LogP contribution < -0.4 is 15.5 Å². The highest BCUT2D eigenvalue weighted by molar-refractivity contribution is 7.17. The molecule has 2 N–H and O–H groups in total. The van der Waals surface area contributed by atoms with E-state index >= 15 is 0 Å². The van der Waals surface area contributed by atoms with E-state index in [0.29, 0.717) is 12.6 Å². The average molecular weight is 479 g/mol. The fourth-order valence-corrected chi connectivity index (χ4v) is 5.86. The zero-order valence-corrected chi connectivity index (χ0v) is 20.7. The second kappa shape index (κ2) is 10.6. The molecule has 8 heteroatoms. The molecule has 34 heavy (non-hydrogen) atoms. The summed E-state index contributed by atoms with van der Waals surface area (Å²) < 4.78 is 2.10. The molecule has 2 aromatic heterocycles. The number of piperidine rings is 1. The van der Waals surface area contributed by atoms with Crippen LogP contribution in [0.2, 0.25) is 0 Å². The zero-order chi connectivity index (χ0) is 23.3. The molecule has 0 unspecified atom stereocenters. The second-order valence-electron chi connectivity index (χ2n) is 9.56. The van der Waals surface area contributed by atoms with Gasteiger partial charge in [-0.3, -0.25) is 9.36 Å². The number of hydrogen-bond acceptors (Lipinski definition) is 6. The van der Waals surface area contributed by atoms with E-state index in [1.54, 1.807) is 11.3 Å². The molecule has 0 radical (unpaired) electrons. The van der Waals surface area contributed by atoms with E-state index in [0.717, 1.165) is 60.4 Å². The van der Waals surface area contributed by atoms with Gasteiger partial charge in [0.2, 0.25) is 16.2 Å². The zero-order valence-electron chi connectivity index (χ0n) is 19.9. The third kappa shape index (κ3) is 5.43. The van der Waals surface area contributed by atoms with Crippen molar-refractivity contribution in [1.29, 1.82) is 0 Å². The monoisotopic (exact) mass is 478 g/mol. The molecule has 1 saturated carbocycles. The Morgan fingerprint density at radius 1 is 1.00 bits per heavy atom. The first-order chi connectivity index (χ1) is 16.7. The summed E-state index contributed by atoms with van der Waals surface area (Å²) in [7, 11) is 0. The average Bonchev–Trinajstić information content (AvgIpc) is 3.54. The summed E-state index contributed by atoms with van der Waals surface area (Å²) in [6.07, 6.45) is 9.87. The maximum Gasteiger partial charge on any atom is 0.223 e. The Morgan fingerprint density at radius 3 is 2.50 bits per heavy atom. The molecule has 180 valence electrons. The number of nitrogens with zero attached hydrogens (tertiary/aromatic N) is 4. The summed E-state index contributed by atoms with van der Waals surface area (Å²) in [5.41, 5.74) is 3.50. The van der Waals surface area contributed by atoms with Gasteiger partial charge in [-0.25, -0.2) is 0 Å². The predicted octanol–water partition coefficient (Wildman–Crippen LogP) is 4.91. The maximum absolute atomic E-state index is 12.7. The van der Waals surface area contributed by atoms with Crippen LogP contribution in [0.15, 0.2) is 42.6 Å². The van der Waals surface area contributed by atoms with E-state index in [4.69, 9.17) is 0 Å². The van der Waals surface area contributed by atoms with Crippen molar-refractivity contribution >= 4 is 28.1 Å². The van der Waals surface area contributed by atoms with E-state index < -0.39 is 0 Å². The third-order valence-electron chi connectivity index (χ3n) is 7.06. The van der Waals surface area contributed by atoms with Crippen molar-refractivity contribution in [3.63, 3.8) is 0 Å². The minimum atomic E-state index is 0.120. The highest BCUT2D eigenvalue weighted by Gasteiger charge is 2.28. The second-order valence-corrected chi connectivity index (χ2v) is 10.5. The van der Waals surface area contributed by atoms with Gasteiger partial charge in [-0.15, -0.1) is 10.2 Å². The molecule has 3 heterocycles. The summed E-state index contributed by atoms with van der Waals surface area (Å²) >= 11 is 1.61. The molecular formula is C26H34N6OS. The first-order valence-corrected chi connectivity index (χ1v) is 13.3. The molecule has 1 saturated heterocycles. The van der Waals surface area contributed by atoms with Crippen LogP contribution >= 0.6 is 11.3 Å².